The fourth-order valence-corrected chi connectivity index (χ4v) is 2.78. The van der Waals surface area contributed by atoms with Crippen LogP contribution in [0.4, 0.5) is 0 Å². The Balaban J connectivity index is 2.16. The number of aliphatic hydroxyl groups excluding tert-OH is 2. The summed E-state index contributed by atoms with van der Waals surface area (Å²) in [6.07, 6.45) is 3.13. The first-order chi connectivity index (χ1) is 5.74. The van der Waals surface area contributed by atoms with E-state index in [0.717, 1.165) is 32.4 Å². The zero-order chi connectivity index (χ0) is 8.66. The van der Waals surface area contributed by atoms with Gasteiger partial charge in [0.2, 0.25) is 0 Å². The second kappa shape index (κ2) is 2.69. The van der Waals surface area contributed by atoms with Gasteiger partial charge in [-0.25, -0.2) is 0 Å². The molecule has 0 aromatic heterocycles. The molecule has 0 amide bonds. The minimum Gasteiger partial charge on any atom is -0.396 e. The summed E-state index contributed by atoms with van der Waals surface area (Å²) >= 11 is 0. The second-order valence-electron chi connectivity index (χ2n) is 4.60. The van der Waals surface area contributed by atoms with Gasteiger partial charge in [-0.15, -0.1) is 0 Å². The Morgan fingerprint density at radius 1 is 1.00 bits per heavy atom. The van der Waals surface area contributed by atoms with E-state index in [4.69, 9.17) is 0 Å². The van der Waals surface area contributed by atoms with Gasteiger partial charge in [0.15, 0.2) is 0 Å². The first-order valence-electron chi connectivity index (χ1n) is 4.67. The predicted molar refractivity (Wildman–Crippen MR) is 45.8 cm³/mol. The molecule has 2 fully saturated rings. The molecule has 1 aliphatic heterocycles. The Hall–Kier alpha value is -0.120. The van der Waals surface area contributed by atoms with E-state index in [9.17, 15) is 10.2 Å². The second-order valence-corrected chi connectivity index (χ2v) is 4.60. The molecule has 3 nitrogen and oxygen atoms in total. The highest BCUT2D eigenvalue weighted by atomic mass is 16.3. The Morgan fingerprint density at radius 3 is 1.92 bits per heavy atom. The molecule has 2 rings (SSSR count). The summed E-state index contributed by atoms with van der Waals surface area (Å²) in [6, 6.07) is 0. The van der Waals surface area contributed by atoms with Gasteiger partial charge in [0.1, 0.15) is 0 Å². The number of aliphatic hydroxyl groups is 2. The van der Waals surface area contributed by atoms with Gasteiger partial charge >= 0.3 is 0 Å². The highest BCUT2D eigenvalue weighted by Gasteiger charge is 2.50. The first kappa shape index (κ1) is 8.48. The minimum atomic E-state index is 0.0843. The molecule has 3 heteroatoms. The molecule has 0 spiro atoms. The Morgan fingerprint density at radius 2 is 1.50 bits per heavy atom. The summed E-state index contributed by atoms with van der Waals surface area (Å²) in [5.74, 6) is 0. The maximum atomic E-state index is 9.26. The monoisotopic (exact) mass is 171 g/mol. The summed E-state index contributed by atoms with van der Waals surface area (Å²) in [6.45, 7) is 2.38. The summed E-state index contributed by atoms with van der Waals surface area (Å²) in [7, 11) is 0. The Labute approximate surface area is 72.8 Å². The number of fused-ring (bicyclic) bond motifs is 2. The van der Waals surface area contributed by atoms with Crippen LogP contribution < -0.4 is 5.32 Å². The van der Waals surface area contributed by atoms with Crippen molar-refractivity contribution in [2.75, 3.05) is 26.3 Å². The number of hydrogen-bond acceptors (Lipinski definition) is 3. The maximum Gasteiger partial charge on any atom is 0.0499 e. The van der Waals surface area contributed by atoms with Crippen molar-refractivity contribution in [2.24, 2.45) is 10.8 Å². The van der Waals surface area contributed by atoms with Gasteiger partial charge in [0.05, 0.1) is 0 Å². The molecule has 2 unspecified atom stereocenters. The quantitative estimate of drug-likeness (QED) is 0.536. The third-order valence-electron chi connectivity index (χ3n) is 3.61. The summed E-state index contributed by atoms with van der Waals surface area (Å²) < 4.78 is 0. The van der Waals surface area contributed by atoms with E-state index >= 15 is 0 Å². The van der Waals surface area contributed by atoms with Crippen LogP contribution in [0.3, 0.4) is 0 Å². The van der Waals surface area contributed by atoms with Gasteiger partial charge in [-0.1, -0.05) is 0 Å². The first-order valence-corrected chi connectivity index (χ1v) is 4.67. The molecule has 0 aromatic rings. The third-order valence-corrected chi connectivity index (χ3v) is 3.61. The van der Waals surface area contributed by atoms with Crippen LogP contribution in [0.2, 0.25) is 0 Å². The van der Waals surface area contributed by atoms with E-state index < -0.39 is 0 Å². The molecule has 1 saturated heterocycles. The van der Waals surface area contributed by atoms with Crippen molar-refractivity contribution in [2.45, 2.75) is 19.3 Å². The molecule has 12 heavy (non-hydrogen) atoms. The molecule has 1 heterocycles. The molecule has 0 aromatic carbocycles. The van der Waals surface area contributed by atoms with E-state index in [1.54, 1.807) is 0 Å². The summed E-state index contributed by atoms with van der Waals surface area (Å²) in [4.78, 5) is 0. The normalized spacial score (nSPS) is 46.5. The van der Waals surface area contributed by atoms with Crippen LogP contribution in [0.5, 0.6) is 0 Å². The SMILES string of the molecule is OCC12CCC(CO)(CNC1)C2. The number of rotatable bonds is 2. The molecular formula is C9H17NO2. The average molecular weight is 171 g/mol. The maximum absolute atomic E-state index is 9.26. The minimum absolute atomic E-state index is 0.0843. The van der Waals surface area contributed by atoms with E-state index in [0.29, 0.717) is 0 Å². The van der Waals surface area contributed by atoms with Crippen LogP contribution in [0, 0.1) is 10.8 Å². The van der Waals surface area contributed by atoms with Gasteiger partial charge in [-0.3, -0.25) is 0 Å². The van der Waals surface area contributed by atoms with Crippen LogP contribution >= 0.6 is 0 Å². The molecule has 1 saturated carbocycles. The lowest BCUT2D eigenvalue weighted by molar-refractivity contribution is 0.0515. The van der Waals surface area contributed by atoms with Gasteiger partial charge in [0.25, 0.3) is 0 Å². The van der Waals surface area contributed by atoms with Gasteiger partial charge in [0, 0.05) is 37.1 Å². The molecule has 1 aliphatic carbocycles. The number of hydrogen-bond donors (Lipinski definition) is 3. The average Bonchev–Trinajstić information content (AvgIpc) is 2.41. The third kappa shape index (κ3) is 1.08. The lowest BCUT2D eigenvalue weighted by Gasteiger charge is -2.38. The highest BCUT2D eigenvalue weighted by Crippen LogP contribution is 2.50. The number of nitrogens with one attached hydrogen (secondary N) is 1. The van der Waals surface area contributed by atoms with Crippen LogP contribution in [0.1, 0.15) is 19.3 Å². The Kier molecular flexibility index (Phi) is 1.90. The largest absolute Gasteiger partial charge is 0.396 e. The standard InChI is InChI=1S/C9H17NO2/c11-6-8-1-2-9(3-8,7-12)5-10-4-8/h10-12H,1-7H2. The molecule has 2 atom stereocenters. The lowest BCUT2D eigenvalue weighted by Crippen LogP contribution is -2.47. The van der Waals surface area contributed by atoms with E-state index in [-0.39, 0.29) is 24.0 Å². The predicted octanol–water partition coefficient (Wildman–Crippen LogP) is -0.269. The lowest BCUT2D eigenvalue weighted by atomic mass is 9.77. The van der Waals surface area contributed by atoms with Crippen LogP contribution in [-0.2, 0) is 0 Å². The fourth-order valence-electron chi connectivity index (χ4n) is 2.78. The van der Waals surface area contributed by atoms with Crippen molar-refractivity contribution in [1.29, 1.82) is 0 Å². The molecular weight excluding hydrogens is 154 g/mol. The number of piperidine rings is 1. The Bertz CT molecular complexity index is 167. The van der Waals surface area contributed by atoms with Crippen molar-refractivity contribution < 1.29 is 10.2 Å². The molecule has 0 radical (unpaired) electrons. The van der Waals surface area contributed by atoms with Gasteiger partial charge in [-0.05, 0) is 19.3 Å². The zero-order valence-corrected chi connectivity index (χ0v) is 7.34. The molecule has 70 valence electrons. The summed E-state index contributed by atoms with van der Waals surface area (Å²) in [5, 5.41) is 21.8. The topological polar surface area (TPSA) is 52.5 Å². The van der Waals surface area contributed by atoms with Gasteiger partial charge < -0.3 is 15.5 Å². The van der Waals surface area contributed by atoms with Crippen molar-refractivity contribution in [3.05, 3.63) is 0 Å². The van der Waals surface area contributed by atoms with Crippen LogP contribution in [-0.4, -0.2) is 36.5 Å². The van der Waals surface area contributed by atoms with Gasteiger partial charge in [-0.2, -0.15) is 0 Å². The van der Waals surface area contributed by atoms with E-state index in [2.05, 4.69) is 5.32 Å². The van der Waals surface area contributed by atoms with Crippen molar-refractivity contribution in [1.82, 2.24) is 5.32 Å². The van der Waals surface area contributed by atoms with Crippen molar-refractivity contribution in [3.8, 4) is 0 Å². The van der Waals surface area contributed by atoms with Crippen LogP contribution in [0.25, 0.3) is 0 Å². The van der Waals surface area contributed by atoms with E-state index in [1.165, 1.54) is 0 Å². The fraction of sp³-hybridized carbons (Fsp3) is 1.00. The molecule has 2 bridgehead atoms. The zero-order valence-electron chi connectivity index (χ0n) is 7.34. The van der Waals surface area contributed by atoms with Crippen LogP contribution in [0.15, 0.2) is 0 Å². The van der Waals surface area contributed by atoms with E-state index in [1.807, 2.05) is 0 Å². The van der Waals surface area contributed by atoms with Crippen molar-refractivity contribution >= 4 is 0 Å². The van der Waals surface area contributed by atoms with Crippen molar-refractivity contribution in [3.63, 3.8) is 0 Å². The molecule has 2 aliphatic rings. The highest BCUT2D eigenvalue weighted by molar-refractivity contribution is 5.03. The summed E-state index contributed by atoms with van der Waals surface area (Å²) in [5.41, 5.74) is 0.169. The smallest absolute Gasteiger partial charge is 0.0499 e. The molecule has 3 N–H and O–H groups in total.